The van der Waals surface area contributed by atoms with Crippen molar-refractivity contribution < 1.29 is 14.2 Å². The summed E-state index contributed by atoms with van der Waals surface area (Å²) in [6.07, 6.45) is 0. The highest BCUT2D eigenvalue weighted by Gasteiger charge is 2.11. The van der Waals surface area contributed by atoms with Crippen LogP contribution in [0.3, 0.4) is 0 Å². The summed E-state index contributed by atoms with van der Waals surface area (Å²) in [6, 6.07) is 19.3. The molecule has 0 unspecified atom stereocenters. The molecule has 0 saturated carbocycles. The van der Waals surface area contributed by atoms with Gasteiger partial charge in [0.25, 0.3) is 0 Å². The van der Waals surface area contributed by atoms with E-state index >= 15 is 0 Å². The zero-order valence-electron chi connectivity index (χ0n) is 15.1. The molecule has 4 rings (SSSR count). The lowest BCUT2D eigenvalue weighted by atomic mass is 10.2. The van der Waals surface area contributed by atoms with Gasteiger partial charge in [0.05, 0.1) is 10.0 Å². The van der Waals surface area contributed by atoms with Crippen LogP contribution in [0.25, 0.3) is 0 Å². The Kier molecular flexibility index (Phi) is 5.79. The van der Waals surface area contributed by atoms with Crippen molar-refractivity contribution in [2.45, 2.75) is 13.2 Å². The third-order valence-corrected chi connectivity index (χ3v) is 5.07. The minimum atomic E-state index is 0.427. The lowest BCUT2D eigenvalue weighted by molar-refractivity contribution is 0.171. The smallest absolute Gasteiger partial charge is 0.163 e. The standard InChI is InChI=1S/C22H19Cl2NO3/c23-19-6-4-16(11-20(19)24)14-28-18-3-1-2-15(10-18)13-25-17-5-7-21-22(12-17)27-9-8-26-21/h1-7,10-12,25H,8-9,13-14H2. The fraction of sp³-hybridized carbons (Fsp3) is 0.182. The number of ether oxygens (including phenoxy) is 3. The van der Waals surface area contributed by atoms with Gasteiger partial charge in [0.2, 0.25) is 0 Å². The summed E-state index contributed by atoms with van der Waals surface area (Å²) in [6.45, 7) is 2.27. The van der Waals surface area contributed by atoms with Crippen LogP contribution in [0.1, 0.15) is 11.1 Å². The first-order valence-electron chi connectivity index (χ1n) is 8.96. The van der Waals surface area contributed by atoms with Crippen molar-refractivity contribution in [3.63, 3.8) is 0 Å². The molecule has 0 aromatic heterocycles. The number of hydrogen-bond acceptors (Lipinski definition) is 4. The van der Waals surface area contributed by atoms with Gasteiger partial charge in [0, 0.05) is 18.3 Å². The zero-order valence-corrected chi connectivity index (χ0v) is 16.6. The van der Waals surface area contributed by atoms with E-state index in [1.807, 2.05) is 48.5 Å². The maximum Gasteiger partial charge on any atom is 0.163 e. The van der Waals surface area contributed by atoms with Crippen molar-refractivity contribution >= 4 is 28.9 Å². The summed E-state index contributed by atoms with van der Waals surface area (Å²) in [7, 11) is 0. The van der Waals surface area contributed by atoms with Crippen LogP contribution in [0.15, 0.2) is 60.7 Å². The molecule has 0 bridgehead atoms. The molecule has 0 spiro atoms. The highest BCUT2D eigenvalue weighted by atomic mass is 35.5. The number of hydrogen-bond donors (Lipinski definition) is 1. The van der Waals surface area contributed by atoms with Crippen LogP contribution in [-0.2, 0) is 13.2 Å². The second kappa shape index (κ2) is 8.63. The topological polar surface area (TPSA) is 39.7 Å². The minimum absolute atomic E-state index is 0.427. The second-order valence-corrected chi connectivity index (χ2v) is 7.21. The van der Waals surface area contributed by atoms with E-state index in [-0.39, 0.29) is 0 Å². The molecule has 1 N–H and O–H groups in total. The van der Waals surface area contributed by atoms with Gasteiger partial charge < -0.3 is 19.5 Å². The fourth-order valence-electron chi connectivity index (χ4n) is 2.90. The Balaban J connectivity index is 1.36. The Labute approximate surface area is 173 Å². The first-order valence-corrected chi connectivity index (χ1v) is 9.72. The molecular weight excluding hydrogens is 397 g/mol. The van der Waals surface area contributed by atoms with Gasteiger partial charge in [-0.3, -0.25) is 0 Å². The second-order valence-electron chi connectivity index (χ2n) is 6.40. The zero-order chi connectivity index (χ0) is 19.3. The Morgan fingerprint density at radius 2 is 1.68 bits per heavy atom. The lowest BCUT2D eigenvalue weighted by Crippen LogP contribution is -2.15. The molecule has 1 heterocycles. The normalized spacial score (nSPS) is 12.5. The van der Waals surface area contributed by atoms with E-state index in [9.17, 15) is 0 Å². The molecular formula is C22H19Cl2NO3. The van der Waals surface area contributed by atoms with Gasteiger partial charge in [-0.1, -0.05) is 41.4 Å². The molecule has 6 heteroatoms. The predicted molar refractivity (Wildman–Crippen MR) is 112 cm³/mol. The van der Waals surface area contributed by atoms with E-state index < -0.39 is 0 Å². The average molecular weight is 416 g/mol. The molecule has 144 valence electrons. The fourth-order valence-corrected chi connectivity index (χ4v) is 3.22. The molecule has 0 fully saturated rings. The first-order chi connectivity index (χ1) is 13.7. The van der Waals surface area contributed by atoms with Gasteiger partial charge in [-0.2, -0.15) is 0 Å². The minimum Gasteiger partial charge on any atom is -0.489 e. The van der Waals surface area contributed by atoms with E-state index in [1.165, 1.54) is 0 Å². The Hall–Kier alpha value is -2.56. The van der Waals surface area contributed by atoms with Gasteiger partial charge in [-0.05, 0) is 47.5 Å². The van der Waals surface area contributed by atoms with Gasteiger partial charge in [-0.25, -0.2) is 0 Å². The number of halogens is 2. The highest BCUT2D eigenvalue weighted by Crippen LogP contribution is 2.32. The van der Waals surface area contributed by atoms with Gasteiger partial charge in [0.15, 0.2) is 11.5 Å². The Morgan fingerprint density at radius 3 is 2.54 bits per heavy atom. The van der Waals surface area contributed by atoms with Crippen molar-refractivity contribution in [1.29, 1.82) is 0 Å². The maximum absolute atomic E-state index is 6.05. The SMILES string of the molecule is Clc1ccc(COc2cccc(CNc3ccc4c(c3)OCCO4)c2)cc1Cl. The molecule has 3 aromatic carbocycles. The molecule has 3 aromatic rings. The Morgan fingerprint density at radius 1 is 0.821 bits per heavy atom. The van der Waals surface area contributed by atoms with E-state index in [2.05, 4.69) is 11.4 Å². The van der Waals surface area contributed by atoms with E-state index in [0.717, 1.165) is 34.1 Å². The van der Waals surface area contributed by atoms with Crippen molar-refractivity contribution in [2.24, 2.45) is 0 Å². The van der Waals surface area contributed by atoms with E-state index in [1.54, 1.807) is 6.07 Å². The van der Waals surface area contributed by atoms with Crippen LogP contribution in [0, 0.1) is 0 Å². The molecule has 28 heavy (non-hydrogen) atoms. The van der Waals surface area contributed by atoms with E-state index in [4.69, 9.17) is 37.4 Å². The lowest BCUT2D eigenvalue weighted by Gasteiger charge is -2.19. The van der Waals surface area contributed by atoms with Crippen molar-refractivity contribution in [3.8, 4) is 17.2 Å². The number of rotatable bonds is 6. The van der Waals surface area contributed by atoms with Gasteiger partial charge in [-0.15, -0.1) is 0 Å². The van der Waals surface area contributed by atoms with Crippen molar-refractivity contribution in [3.05, 3.63) is 81.8 Å². The van der Waals surface area contributed by atoms with Crippen LogP contribution in [0.5, 0.6) is 17.2 Å². The summed E-state index contributed by atoms with van der Waals surface area (Å²) in [5, 5.41) is 4.47. The molecule has 0 atom stereocenters. The van der Waals surface area contributed by atoms with Crippen LogP contribution in [-0.4, -0.2) is 13.2 Å². The van der Waals surface area contributed by atoms with Crippen molar-refractivity contribution in [1.82, 2.24) is 0 Å². The van der Waals surface area contributed by atoms with Crippen LogP contribution < -0.4 is 19.5 Å². The molecule has 1 aliphatic rings. The molecule has 0 radical (unpaired) electrons. The third kappa shape index (κ3) is 4.64. The molecule has 4 nitrogen and oxygen atoms in total. The quantitative estimate of drug-likeness (QED) is 0.539. The van der Waals surface area contributed by atoms with Gasteiger partial charge >= 0.3 is 0 Å². The monoisotopic (exact) mass is 415 g/mol. The molecule has 0 amide bonds. The maximum atomic E-state index is 6.05. The van der Waals surface area contributed by atoms with E-state index in [0.29, 0.717) is 36.4 Å². The summed E-state index contributed by atoms with van der Waals surface area (Å²) in [5.41, 5.74) is 3.06. The summed E-state index contributed by atoms with van der Waals surface area (Å²) >= 11 is 12.0. The number of nitrogens with one attached hydrogen (secondary N) is 1. The summed E-state index contributed by atoms with van der Waals surface area (Å²) in [5.74, 6) is 2.36. The predicted octanol–water partition coefficient (Wildman–Crippen LogP) is 5.96. The number of anilines is 1. The molecule has 0 saturated heterocycles. The first kappa shape index (κ1) is 18.8. The van der Waals surface area contributed by atoms with Gasteiger partial charge in [0.1, 0.15) is 25.6 Å². The molecule has 1 aliphatic heterocycles. The van der Waals surface area contributed by atoms with Crippen molar-refractivity contribution in [2.75, 3.05) is 18.5 Å². The van der Waals surface area contributed by atoms with Crippen LogP contribution >= 0.6 is 23.2 Å². The van der Waals surface area contributed by atoms with Crippen LogP contribution in [0.2, 0.25) is 10.0 Å². The number of fused-ring (bicyclic) bond motifs is 1. The summed E-state index contributed by atoms with van der Waals surface area (Å²) in [4.78, 5) is 0. The largest absolute Gasteiger partial charge is 0.489 e. The summed E-state index contributed by atoms with van der Waals surface area (Å²) < 4.78 is 17.1. The Bertz CT molecular complexity index is 978. The number of benzene rings is 3. The van der Waals surface area contributed by atoms with Crippen LogP contribution in [0.4, 0.5) is 5.69 Å². The average Bonchev–Trinajstić information content (AvgIpc) is 2.73. The molecule has 0 aliphatic carbocycles. The third-order valence-electron chi connectivity index (χ3n) is 4.33. The highest BCUT2D eigenvalue weighted by molar-refractivity contribution is 6.42.